The number of rotatable bonds is 8. The lowest BCUT2D eigenvalue weighted by Gasteiger charge is -2.24. The van der Waals surface area contributed by atoms with Crippen LogP contribution in [0.4, 0.5) is 0 Å². The van der Waals surface area contributed by atoms with Crippen LogP contribution in [0.1, 0.15) is 33.0 Å². The van der Waals surface area contributed by atoms with Gasteiger partial charge in [-0.25, -0.2) is 4.79 Å². The van der Waals surface area contributed by atoms with E-state index in [1.54, 1.807) is 24.3 Å². The average Bonchev–Trinajstić information content (AvgIpc) is 3.21. The summed E-state index contributed by atoms with van der Waals surface area (Å²) in [5.41, 5.74) is 5.07. The van der Waals surface area contributed by atoms with Crippen molar-refractivity contribution in [2.75, 3.05) is 21.3 Å². The second kappa shape index (κ2) is 9.94. The SMILES string of the molecule is COC(=O)[C@H](NC(=O)c1ccc(CP(=O)(OC)OC)cc1)C1c2ccccc2-c2ccccc21. The third-order valence-electron chi connectivity index (χ3n) is 6.11. The largest absolute Gasteiger partial charge is 0.467 e. The summed E-state index contributed by atoms with van der Waals surface area (Å²) < 4.78 is 27.4. The van der Waals surface area contributed by atoms with Gasteiger partial charge in [0, 0.05) is 25.7 Å². The fourth-order valence-corrected chi connectivity index (χ4v) is 5.44. The minimum Gasteiger partial charge on any atom is -0.467 e. The van der Waals surface area contributed by atoms with E-state index in [9.17, 15) is 14.2 Å². The monoisotopic (exact) mass is 479 g/mol. The van der Waals surface area contributed by atoms with E-state index in [0.717, 1.165) is 22.3 Å². The molecule has 1 amide bonds. The Balaban J connectivity index is 1.61. The number of carbonyl (C=O) groups excluding carboxylic acids is 2. The Morgan fingerprint density at radius 3 is 1.88 bits per heavy atom. The van der Waals surface area contributed by atoms with Gasteiger partial charge in [-0.3, -0.25) is 9.36 Å². The van der Waals surface area contributed by atoms with Crippen molar-refractivity contribution in [2.24, 2.45) is 0 Å². The lowest BCUT2D eigenvalue weighted by atomic mass is 9.89. The molecule has 1 aliphatic carbocycles. The van der Waals surface area contributed by atoms with E-state index in [0.29, 0.717) is 11.1 Å². The highest BCUT2D eigenvalue weighted by Crippen LogP contribution is 2.49. The molecule has 1 atom stereocenters. The van der Waals surface area contributed by atoms with Crippen LogP contribution in [0.15, 0.2) is 72.8 Å². The van der Waals surface area contributed by atoms with Gasteiger partial charge in [-0.2, -0.15) is 0 Å². The number of nitrogens with one attached hydrogen (secondary N) is 1. The third-order valence-corrected chi connectivity index (χ3v) is 7.97. The third kappa shape index (κ3) is 4.55. The predicted molar refractivity (Wildman–Crippen MR) is 129 cm³/mol. The molecule has 0 aromatic heterocycles. The normalized spacial score (nSPS) is 13.6. The van der Waals surface area contributed by atoms with Crippen LogP contribution in [0.25, 0.3) is 11.1 Å². The molecule has 3 aromatic rings. The molecule has 0 aliphatic heterocycles. The molecule has 34 heavy (non-hydrogen) atoms. The second-order valence-electron chi connectivity index (χ2n) is 7.96. The number of esters is 1. The van der Waals surface area contributed by atoms with Crippen LogP contribution < -0.4 is 5.32 Å². The van der Waals surface area contributed by atoms with E-state index >= 15 is 0 Å². The van der Waals surface area contributed by atoms with Crippen LogP contribution in [0.3, 0.4) is 0 Å². The molecular formula is C26H26NO6P. The van der Waals surface area contributed by atoms with Gasteiger partial charge in [0.2, 0.25) is 0 Å². The topological polar surface area (TPSA) is 90.9 Å². The molecule has 4 rings (SSSR count). The summed E-state index contributed by atoms with van der Waals surface area (Å²) in [7, 11) is 0.756. The van der Waals surface area contributed by atoms with Crippen LogP contribution in [-0.2, 0) is 29.3 Å². The van der Waals surface area contributed by atoms with E-state index in [4.69, 9.17) is 13.8 Å². The Morgan fingerprint density at radius 1 is 0.853 bits per heavy atom. The van der Waals surface area contributed by atoms with E-state index in [-0.39, 0.29) is 12.1 Å². The number of benzene rings is 3. The number of ether oxygens (including phenoxy) is 1. The highest BCUT2D eigenvalue weighted by atomic mass is 31.2. The first-order valence-corrected chi connectivity index (χ1v) is 12.5. The fourth-order valence-electron chi connectivity index (χ4n) is 4.37. The number of fused-ring (bicyclic) bond motifs is 3. The summed E-state index contributed by atoms with van der Waals surface area (Å²) in [5, 5.41) is 2.88. The Labute approximate surface area is 198 Å². The number of amides is 1. The Bertz CT molecular complexity index is 1200. The molecule has 0 bridgehead atoms. The van der Waals surface area contributed by atoms with E-state index in [1.807, 2.05) is 48.5 Å². The average molecular weight is 479 g/mol. The maximum Gasteiger partial charge on any atom is 0.334 e. The first-order valence-electron chi connectivity index (χ1n) is 10.8. The Hall–Kier alpha value is -3.25. The number of hydrogen-bond donors (Lipinski definition) is 1. The molecule has 0 spiro atoms. The molecule has 0 heterocycles. The maximum absolute atomic E-state index is 13.1. The molecule has 0 saturated heterocycles. The van der Waals surface area contributed by atoms with Crippen molar-refractivity contribution >= 4 is 19.5 Å². The Morgan fingerprint density at radius 2 is 1.38 bits per heavy atom. The van der Waals surface area contributed by atoms with Gasteiger partial charge in [0.15, 0.2) is 0 Å². The molecule has 7 nitrogen and oxygen atoms in total. The lowest BCUT2D eigenvalue weighted by Crippen LogP contribution is -2.45. The number of hydrogen-bond acceptors (Lipinski definition) is 6. The Kier molecular flexibility index (Phi) is 6.98. The van der Waals surface area contributed by atoms with Crippen LogP contribution in [-0.4, -0.2) is 39.2 Å². The van der Waals surface area contributed by atoms with Crippen molar-refractivity contribution < 1.29 is 27.9 Å². The van der Waals surface area contributed by atoms with Gasteiger partial charge >= 0.3 is 13.6 Å². The molecule has 1 aliphatic rings. The van der Waals surface area contributed by atoms with Crippen molar-refractivity contribution in [3.05, 3.63) is 95.1 Å². The quantitative estimate of drug-likeness (QED) is 0.370. The van der Waals surface area contributed by atoms with Crippen LogP contribution in [0.2, 0.25) is 0 Å². The van der Waals surface area contributed by atoms with Gasteiger partial charge < -0.3 is 19.1 Å². The highest BCUT2D eigenvalue weighted by molar-refractivity contribution is 7.52. The lowest BCUT2D eigenvalue weighted by molar-refractivity contribution is -0.143. The number of methoxy groups -OCH3 is 1. The molecule has 176 valence electrons. The molecule has 8 heteroatoms. The van der Waals surface area contributed by atoms with E-state index in [2.05, 4.69) is 5.32 Å². The summed E-state index contributed by atoms with van der Waals surface area (Å²) in [6.07, 6.45) is 0.0856. The molecule has 0 fully saturated rings. The van der Waals surface area contributed by atoms with E-state index in [1.165, 1.54) is 21.3 Å². The zero-order chi connectivity index (χ0) is 24.3. The van der Waals surface area contributed by atoms with Crippen LogP contribution in [0.5, 0.6) is 0 Å². The minimum absolute atomic E-state index is 0.0856. The maximum atomic E-state index is 13.1. The van der Waals surface area contributed by atoms with Crippen molar-refractivity contribution in [2.45, 2.75) is 18.1 Å². The zero-order valence-corrected chi connectivity index (χ0v) is 20.1. The standard InChI is InChI=1S/C26H26NO6P/c1-31-26(29)24(23-21-10-6-4-8-19(21)20-9-5-7-11-22(20)23)27-25(28)18-14-12-17(13-15-18)16-34(30,32-2)33-3/h4-15,23-24H,16H2,1-3H3,(H,27,28)/t24-/m1/s1. The zero-order valence-electron chi connectivity index (χ0n) is 19.2. The molecule has 0 radical (unpaired) electrons. The fraction of sp³-hybridized carbons (Fsp3) is 0.231. The molecule has 1 N–H and O–H groups in total. The van der Waals surface area contributed by atoms with Gasteiger partial charge in [0.05, 0.1) is 13.3 Å². The first-order chi connectivity index (χ1) is 16.4. The summed E-state index contributed by atoms with van der Waals surface area (Å²) >= 11 is 0. The van der Waals surface area contributed by atoms with Crippen LogP contribution in [0, 0.1) is 0 Å². The second-order valence-corrected chi connectivity index (χ2v) is 10.2. The summed E-state index contributed by atoms with van der Waals surface area (Å²) in [6, 6.07) is 21.4. The van der Waals surface area contributed by atoms with Gasteiger partial charge in [-0.1, -0.05) is 60.7 Å². The molecule has 0 unspecified atom stereocenters. The first kappa shape index (κ1) is 23.9. The minimum atomic E-state index is -3.22. The predicted octanol–water partition coefficient (Wildman–Crippen LogP) is 4.76. The van der Waals surface area contributed by atoms with Gasteiger partial charge in [-0.15, -0.1) is 0 Å². The summed E-state index contributed by atoms with van der Waals surface area (Å²) in [4.78, 5) is 26.0. The molecule has 3 aromatic carbocycles. The van der Waals surface area contributed by atoms with E-state index < -0.39 is 25.5 Å². The smallest absolute Gasteiger partial charge is 0.334 e. The highest BCUT2D eigenvalue weighted by Gasteiger charge is 2.39. The summed E-state index contributed by atoms with van der Waals surface area (Å²) in [5.74, 6) is -1.31. The van der Waals surface area contributed by atoms with Crippen LogP contribution >= 0.6 is 7.60 Å². The van der Waals surface area contributed by atoms with Crippen molar-refractivity contribution in [3.8, 4) is 11.1 Å². The van der Waals surface area contributed by atoms with Gasteiger partial charge in [-0.05, 0) is 39.9 Å². The van der Waals surface area contributed by atoms with Gasteiger partial charge in [0.1, 0.15) is 6.04 Å². The summed E-state index contributed by atoms with van der Waals surface area (Å²) in [6.45, 7) is 0. The van der Waals surface area contributed by atoms with Gasteiger partial charge in [0.25, 0.3) is 5.91 Å². The molecular weight excluding hydrogens is 453 g/mol. The van der Waals surface area contributed by atoms with Crippen molar-refractivity contribution in [3.63, 3.8) is 0 Å². The van der Waals surface area contributed by atoms with Crippen molar-refractivity contribution in [1.82, 2.24) is 5.32 Å². The molecule has 0 saturated carbocycles. The van der Waals surface area contributed by atoms with Crippen molar-refractivity contribution in [1.29, 1.82) is 0 Å². The number of carbonyl (C=O) groups is 2.